The Balaban J connectivity index is 1.61. The van der Waals surface area contributed by atoms with Gasteiger partial charge in [0.1, 0.15) is 0 Å². The first-order chi connectivity index (χ1) is 16.8. The first-order valence-electron chi connectivity index (χ1n) is 10.6. The number of halogens is 5. The number of anilines is 1. The van der Waals surface area contributed by atoms with Crippen LogP contribution in [0.3, 0.4) is 0 Å². The Morgan fingerprint density at radius 2 is 1.31 bits per heavy atom. The smallest absolute Gasteiger partial charge is 0.230 e. The van der Waals surface area contributed by atoms with Crippen LogP contribution in [0.15, 0.2) is 66.9 Å². The summed E-state index contributed by atoms with van der Waals surface area (Å²) in [5.74, 6) is -11.6. The Morgan fingerprint density at radius 1 is 0.743 bits per heavy atom. The van der Waals surface area contributed by atoms with Gasteiger partial charge in [0.15, 0.2) is 29.1 Å². The Labute approximate surface area is 197 Å². The zero-order valence-electron chi connectivity index (χ0n) is 18.2. The number of benzene rings is 3. The molecule has 1 N–H and O–H groups in total. The molecule has 0 bridgehead atoms. The summed E-state index contributed by atoms with van der Waals surface area (Å²) >= 11 is 0. The van der Waals surface area contributed by atoms with Gasteiger partial charge in [-0.05, 0) is 18.4 Å². The van der Waals surface area contributed by atoms with Gasteiger partial charge in [-0.25, -0.2) is 31.9 Å². The second-order valence-electron chi connectivity index (χ2n) is 7.68. The van der Waals surface area contributed by atoms with E-state index < -0.39 is 47.0 Å². The average molecular weight is 483 g/mol. The minimum absolute atomic E-state index is 0.0366. The Hall–Kier alpha value is -4.14. The molecule has 0 saturated heterocycles. The lowest BCUT2D eigenvalue weighted by molar-refractivity contribution is -0.115. The SMILES string of the molecule is O=C(Cc1c(F)c(F)c(F)c(F)c1F)Nc1ncc(-c2ccccc2)nc1CCc1ccccc1. The highest BCUT2D eigenvalue weighted by atomic mass is 19.2. The van der Waals surface area contributed by atoms with E-state index in [4.69, 9.17) is 0 Å². The highest BCUT2D eigenvalue weighted by Crippen LogP contribution is 2.25. The quantitative estimate of drug-likeness (QED) is 0.205. The van der Waals surface area contributed by atoms with Crippen molar-refractivity contribution in [3.8, 4) is 11.3 Å². The van der Waals surface area contributed by atoms with Crippen molar-refractivity contribution in [1.29, 1.82) is 0 Å². The molecule has 0 fully saturated rings. The number of nitrogens with one attached hydrogen (secondary N) is 1. The fourth-order valence-electron chi connectivity index (χ4n) is 3.50. The molecule has 1 aromatic heterocycles. The van der Waals surface area contributed by atoms with Crippen LogP contribution in [-0.4, -0.2) is 15.9 Å². The monoisotopic (exact) mass is 483 g/mol. The first-order valence-corrected chi connectivity index (χ1v) is 10.6. The largest absolute Gasteiger partial charge is 0.309 e. The maximum absolute atomic E-state index is 14.0. The van der Waals surface area contributed by atoms with Crippen LogP contribution < -0.4 is 5.32 Å². The van der Waals surface area contributed by atoms with Gasteiger partial charge < -0.3 is 5.32 Å². The fraction of sp³-hybridized carbons (Fsp3) is 0.115. The predicted molar refractivity (Wildman–Crippen MR) is 120 cm³/mol. The Kier molecular flexibility index (Phi) is 7.14. The van der Waals surface area contributed by atoms with E-state index in [9.17, 15) is 26.7 Å². The normalized spacial score (nSPS) is 10.9. The molecule has 1 amide bonds. The summed E-state index contributed by atoms with van der Waals surface area (Å²) in [7, 11) is 0. The number of nitrogens with zero attached hydrogens (tertiary/aromatic N) is 2. The van der Waals surface area contributed by atoms with Crippen molar-refractivity contribution in [3.63, 3.8) is 0 Å². The third-order valence-corrected chi connectivity index (χ3v) is 5.30. The summed E-state index contributed by atoms with van der Waals surface area (Å²) in [5.41, 5.74) is 1.53. The van der Waals surface area contributed by atoms with Crippen molar-refractivity contribution in [2.75, 3.05) is 5.32 Å². The van der Waals surface area contributed by atoms with E-state index in [1.54, 1.807) is 0 Å². The van der Waals surface area contributed by atoms with E-state index in [0.717, 1.165) is 11.1 Å². The predicted octanol–water partition coefficient (Wildman–Crippen LogP) is 5.81. The van der Waals surface area contributed by atoms with Gasteiger partial charge in [0.05, 0.1) is 24.0 Å². The standard InChI is InChI=1S/C26H18F5N3O/c27-21-17(22(28)24(30)25(31)23(21)29)13-20(35)34-26-18(12-11-15-7-3-1-4-8-15)33-19(14-32-26)16-9-5-2-6-10-16/h1-10,14H,11-13H2,(H,32,34,35). The lowest BCUT2D eigenvalue weighted by atomic mass is 10.1. The number of hydrogen-bond acceptors (Lipinski definition) is 3. The van der Waals surface area contributed by atoms with Gasteiger partial charge in [0, 0.05) is 11.1 Å². The zero-order chi connectivity index (χ0) is 24.9. The molecule has 0 aliphatic heterocycles. The summed E-state index contributed by atoms with van der Waals surface area (Å²) in [6, 6.07) is 18.7. The van der Waals surface area contributed by atoms with Gasteiger partial charge in [-0.1, -0.05) is 60.7 Å². The molecular formula is C26H18F5N3O. The molecule has 0 unspecified atom stereocenters. The summed E-state index contributed by atoms with van der Waals surface area (Å²) in [6.45, 7) is 0. The van der Waals surface area contributed by atoms with Crippen LogP contribution in [0.4, 0.5) is 27.8 Å². The number of carbonyl (C=O) groups excluding carboxylic acids is 1. The third kappa shape index (κ3) is 5.34. The van der Waals surface area contributed by atoms with E-state index in [1.807, 2.05) is 60.7 Å². The molecule has 4 nitrogen and oxygen atoms in total. The Morgan fingerprint density at radius 3 is 1.94 bits per heavy atom. The van der Waals surface area contributed by atoms with E-state index in [0.29, 0.717) is 24.2 Å². The summed E-state index contributed by atoms with van der Waals surface area (Å²) in [6.07, 6.45) is 1.28. The van der Waals surface area contributed by atoms with Crippen molar-refractivity contribution in [2.24, 2.45) is 0 Å². The highest BCUT2D eigenvalue weighted by molar-refractivity contribution is 5.92. The Bertz CT molecular complexity index is 1340. The highest BCUT2D eigenvalue weighted by Gasteiger charge is 2.27. The van der Waals surface area contributed by atoms with E-state index in [-0.39, 0.29) is 5.82 Å². The molecule has 35 heavy (non-hydrogen) atoms. The molecule has 0 spiro atoms. The van der Waals surface area contributed by atoms with Gasteiger partial charge in [-0.2, -0.15) is 0 Å². The van der Waals surface area contributed by atoms with Crippen LogP contribution in [0.25, 0.3) is 11.3 Å². The van der Waals surface area contributed by atoms with Crippen molar-refractivity contribution in [3.05, 3.63) is 113 Å². The van der Waals surface area contributed by atoms with E-state index >= 15 is 0 Å². The maximum atomic E-state index is 14.0. The summed E-state index contributed by atoms with van der Waals surface area (Å²) in [5, 5.41) is 2.40. The zero-order valence-corrected chi connectivity index (χ0v) is 18.2. The van der Waals surface area contributed by atoms with Crippen LogP contribution in [0.1, 0.15) is 16.8 Å². The molecule has 0 saturated carbocycles. The van der Waals surface area contributed by atoms with Crippen molar-refractivity contribution in [2.45, 2.75) is 19.3 Å². The molecular weight excluding hydrogens is 465 g/mol. The molecule has 0 aliphatic carbocycles. The molecule has 178 valence electrons. The molecule has 4 aromatic rings. The second kappa shape index (κ2) is 10.4. The van der Waals surface area contributed by atoms with Crippen LogP contribution in [-0.2, 0) is 24.1 Å². The molecule has 9 heteroatoms. The van der Waals surface area contributed by atoms with Gasteiger partial charge in [0.25, 0.3) is 0 Å². The number of carbonyl (C=O) groups is 1. The minimum Gasteiger partial charge on any atom is -0.309 e. The fourth-order valence-corrected chi connectivity index (χ4v) is 3.50. The van der Waals surface area contributed by atoms with Gasteiger partial charge in [0.2, 0.25) is 11.7 Å². The van der Waals surface area contributed by atoms with E-state index in [2.05, 4.69) is 15.3 Å². The van der Waals surface area contributed by atoms with Crippen LogP contribution in [0.5, 0.6) is 0 Å². The van der Waals surface area contributed by atoms with Gasteiger partial charge in [-0.3, -0.25) is 4.79 Å². The summed E-state index contributed by atoms with van der Waals surface area (Å²) < 4.78 is 68.3. The number of aromatic nitrogens is 2. The topological polar surface area (TPSA) is 54.9 Å². The van der Waals surface area contributed by atoms with Crippen molar-refractivity contribution >= 4 is 11.7 Å². The molecule has 1 heterocycles. The first kappa shape index (κ1) is 24.0. The molecule has 0 radical (unpaired) electrons. The van der Waals surface area contributed by atoms with Crippen molar-refractivity contribution in [1.82, 2.24) is 9.97 Å². The number of hydrogen-bond donors (Lipinski definition) is 1. The lowest BCUT2D eigenvalue weighted by Crippen LogP contribution is -2.20. The second-order valence-corrected chi connectivity index (χ2v) is 7.68. The van der Waals surface area contributed by atoms with E-state index in [1.165, 1.54) is 6.20 Å². The average Bonchev–Trinajstić information content (AvgIpc) is 2.89. The van der Waals surface area contributed by atoms with Crippen LogP contribution in [0.2, 0.25) is 0 Å². The molecule has 0 atom stereocenters. The molecule has 0 aliphatic rings. The third-order valence-electron chi connectivity index (χ3n) is 5.30. The number of amides is 1. The number of rotatable bonds is 7. The van der Waals surface area contributed by atoms with Gasteiger partial charge >= 0.3 is 0 Å². The van der Waals surface area contributed by atoms with Gasteiger partial charge in [-0.15, -0.1) is 0 Å². The molecule has 3 aromatic carbocycles. The number of aryl methyl sites for hydroxylation is 2. The summed E-state index contributed by atoms with van der Waals surface area (Å²) in [4.78, 5) is 21.4. The lowest BCUT2D eigenvalue weighted by Gasteiger charge is -2.13. The van der Waals surface area contributed by atoms with Crippen molar-refractivity contribution < 1.29 is 26.7 Å². The molecule has 4 rings (SSSR count). The maximum Gasteiger partial charge on any atom is 0.230 e. The minimum atomic E-state index is -2.28. The van der Waals surface area contributed by atoms with Crippen LogP contribution in [0, 0.1) is 29.1 Å². The van der Waals surface area contributed by atoms with Crippen LogP contribution >= 0.6 is 0 Å².